The Bertz CT molecular complexity index is 925. The first-order valence-corrected chi connectivity index (χ1v) is 10.8. The number of nitrogens with zero attached hydrogens (tertiary/aromatic N) is 1. The molecule has 1 N–H and O–H groups in total. The minimum Gasteiger partial charge on any atom is -0.326 e. The van der Waals surface area contributed by atoms with Gasteiger partial charge in [0.1, 0.15) is 4.21 Å². The molecule has 2 aromatic rings. The Morgan fingerprint density at radius 3 is 2.42 bits per heavy atom. The van der Waals surface area contributed by atoms with Gasteiger partial charge in [0, 0.05) is 30.8 Å². The topological polar surface area (TPSA) is 66.5 Å². The SMILES string of the molecule is O=C(Nc1ccc(F)c(F)c1)C1CCN(S(=O)(=O)c2ccc(Br)s2)CC1. The van der Waals surface area contributed by atoms with Gasteiger partial charge in [-0.2, -0.15) is 4.31 Å². The largest absolute Gasteiger partial charge is 0.326 e. The molecule has 0 unspecified atom stereocenters. The van der Waals surface area contributed by atoms with E-state index in [0.29, 0.717) is 12.8 Å². The van der Waals surface area contributed by atoms with Gasteiger partial charge in [-0.15, -0.1) is 11.3 Å². The number of benzene rings is 1. The first-order chi connectivity index (χ1) is 12.3. The predicted molar refractivity (Wildman–Crippen MR) is 98.5 cm³/mol. The second kappa shape index (κ2) is 7.71. The van der Waals surface area contributed by atoms with Crippen LogP contribution in [0.4, 0.5) is 14.5 Å². The van der Waals surface area contributed by atoms with Gasteiger partial charge in [0.15, 0.2) is 11.6 Å². The third kappa shape index (κ3) is 4.13. The fraction of sp³-hybridized carbons (Fsp3) is 0.312. The van der Waals surface area contributed by atoms with E-state index in [1.165, 1.54) is 10.4 Å². The van der Waals surface area contributed by atoms with Crippen LogP contribution in [0.15, 0.2) is 38.3 Å². The minimum atomic E-state index is -3.56. The van der Waals surface area contributed by atoms with Crippen LogP contribution in [0.5, 0.6) is 0 Å². The fourth-order valence-corrected chi connectivity index (χ4v) is 6.37. The number of hydrogen-bond acceptors (Lipinski definition) is 4. The van der Waals surface area contributed by atoms with Crippen molar-refractivity contribution in [1.82, 2.24) is 4.31 Å². The summed E-state index contributed by atoms with van der Waals surface area (Å²) in [5.41, 5.74) is 0.174. The van der Waals surface area contributed by atoms with E-state index in [1.54, 1.807) is 12.1 Å². The van der Waals surface area contributed by atoms with Gasteiger partial charge in [-0.05, 0) is 53.0 Å². The zero-order valence-electron chi connectivity index (χ0n) is 13.4. The van der Waals surface area contributed by atoms with Crippen LogP contribution < -0.4 is 5.32 Å². The standard InChI is InChI=1S/C16H15BrF2N2O3S2/c17-14-3-4-15(25-14)26(23,24)21-7-5-10(6-8-21)16(22)20-11-1-2-12(18)13(19)9-11/h1-4,9-10H,5-8H2,(H,20,22). The Labute approximate surface area is 162 Å². The number of sulfonamides is 1. The van der Waals surface area contributed by atoms with Gasteiger partial charge < -0.3 is 5.32 Å². The number of piperidine rings is 1. The maximum atomic E-state index is 13.2. The van der Waals surface area contributed by atoms with Crippen molar-refractivity contribution in [2.24, 2.45) is 5.92 Å². The van der Waals surface area contributed by atoms with Crippen molar-refractivity contribution in [3.05, 3.63) is 45.8 Å². The smallest absolute Gasteiger partial charge is 0.252 e. The van der Waals surface area contributed by atoms with Crippen molar-refractivity contribution in [3.63, 3.8) is 0 Å². The van der Waals surface area contributed by atoms with Gasteiger partial charge in [0.2, 0.25) is 5.91 Å². The molecule has 5 nitrogen and oxygen atoms in total. The number of thiophene rings is 1. The second-order valence-electron chi connectivity index (χ2n) is 5.86. The molecule has 0 aliphatic carbocycles. The maximum Gasteiger partial charge on any atom is 0.252 e. The van der Waals surface area contributed by atoms with Gasteiger partial charge in [0.05, 0.1) is 3.79 Å². The number of carbonyl (C=O) groups excluding carboxylic acids is 1. The molecule has 2 heterocycles. The number of nitrogens with one attached hydrogen (secondary N) is 1. The van der Waals surface area contributed by atoms with Crippen LogP contribution >= 0.6 is 27.3 Å². The summed E-state index contributed by atoms with van der Waals surface area (Å²) >= 11 is 4.39. The summed E-state index contributed by atoms with van der Waals surface area (Å²) in [6.07, 6.45) is 0.725. The molecule has 26 heavy (non-hydrogen) atoms. The van der Waals surface area contributed by atoms with Crippen LogP contribution in [0.25, 0.3) is 0 Å². The van der Waals surface area contributed by atoms with E-state index in [4.69, 9.17) is 0 Å². The molecule has 0 radical (unpaired) electrons. The highest BCUT2D eigenvalue weighted by atomic mass is 79.9. The molecule has 1 aliphatic heterocycles. The molecule has 140 valence electrons. The van der Waals surface area contributed by atoms with E-state index < -0.39 is 21.7 Å². The number of amides is 1. The van der Waals surface area contributed by atoms with Gasteiger partial charge in [-0.1, -0.05) is 0 Å². The van der Waals surface area contributed by atoms with E-state index in [9.17, 15) is 22.0 Å². The average molecular weight is 465 g/mol. The Hall–Kier alpha value is -1.36. The zero-order chi connectivity index (χ0) is 18.9. The van der Waals surface area contributed by atoms with E-state index in [1.807, 2.05) is 0 Å². The molecule has 1 fully saturated rings. The van der Waals surface area contributed by atoms with Crippen molar-refractivity contribution < 1.29 is 22.0 Å². The highest BCUT2D eigenvalue weighted by molar-refractivity contribution is 9.11. The molecule has 0 bridgehead atoms. The normalized spacial score (nSPS) is 16.6. The number of halogens is 3. The molecule has 3 rings (SSSR count). The first kappa shape index (κ1) is 19.4. The van der Waals surface area contributed by atoms with Gasteiger partial charge in [-0.3, -0.25) is 4.79 Å². The van der Waals surface area contributed by atoms with Crippen LogP contribution in [-0.2, 0) is 14.8 Å². The summed E-state index contributed by atoms with van der Waals surface area (Å²) < 4.78 is 53.7. The zero-order valence-corrected chi connectivity index (χ0v) is 16.6. The fourth-order valence-electron chi connectivity index (χ4n) is 2.74. The predicted octanol–water partition coefficient (Wildman–Crippen LogP) is 3.83. The van der Waals surface area contributed by atoms with Crippen LogP contribution in [0.1, 0.15) is 12.8 Å². The molecule has 0 saturated carbocycles. The lowest BCUT2D eigenvalue weighted by Crippen LogP contribution is -2.41. The Morgan fingerprint density at radius 2 is 1.85 bits per heavy atom. The van der Waals surface area contributed by atoms with Crippen molar-refractivity contribution >= 4 is 48.9 Å². The molecule has 1 amide bonds. The molecular weight excluding hydrogens is 450 g/mol. The molecule has 1 aliphatic rings. The van der Waals surface area contributed by atoms with E-state index in [-0.39, 0.29) is 34.8 Å². The molecule has 0 atom stereocenters. The Balaban J connectivity index is 1.61. The lowest BCUT2D eigenvalue weighted by molar-refractivity contribution is -0.120. The quantitative estimate of drug-likeness (QED) is 0.747. The van der Waals surface area contributed by atoms with E-state index >= 15 is 0 Å². The van der Waals surface area contributed by atoms with Gasteiger partial charge in [-0.25, -0.2) is 17.2 Å². The summed E-state index contributed by atoms with van der Waals surface area (Å²) in [6.45, 7) is 0.460. The lowest BCUT2D eigenvalue weighted by atomic mass is 9.97. The van der Waals surface area contributed by atoms with Crippen LogP contribution in [0, 0.1) is 17.6 Å². The summed E-state index contributed by atoms with van der Waals surface area (Å²) in [6, 6.07) is 6.37. The highest BCUT2D eigenvalue weighted by Gasteiger charge is 2.32. The highest BCUT2D eigenvalue weighted by Crippen LogP contribution is 2.31. The van der Waals surface area contributed by atoms with Crippen molar-refractivity contribution in [2.45, 2.75) is 17.1 Å². The second-order valence-corrected chi connectivity index (χ2v) is 10.5. The first-order valence-electron chi connectivity index (χ1n) is 7.79. The average Bonchev–Trinajstić information content (AvgIpc) is 3.05. The molecular formula is C16H15BrF2N2O3S2. The Morgan fingerprint density at radius 1 is 1.15 bits per heavy atom. The minimum absolute atomic E-state index is 0.174. The number of hydrogen-bond donors (Lipinski definition) is 1. The Kier molecular flexibility index (Phi) is 5.75. The van der Waals surface area contributed by atoms with Gasteiger partial charge in [0.25, 0.3) is 10.0 Å². The van der Waals surface area contributed by atoms with Crippen LogP contribution in [0.3, 0.4) is 0 Å². The van der Waals surface area contributed by atoms with Crippen molar-refractivity contribution in [3.8, 4) is 0 Å². The number of anilines is 1. The molecule has 10 heteroatoms. The third-order valence-electron chi connectivity index (χ3n) is 4.15. The monoisotopic (exact) mass is 464 g/mol. The molecule has 0 spiro atoms. The summed E-state index contributed by atoms with van der Waals surface area (Å²) in [4.78, 5) is 12.3. The van der Waals surface area contributed by atoms with Crippen molar-refractivity contribution in [1.29, 1.82) is 0 Å². The third-order valence-corrected chi connectivity index (χ3v) is 8.14. The lowest BCUT2D eigenvalue weighted by Gasteiger charge is -2.30. The summed E-state index contributed by atoms with van der Waals surface area (Å²) in [5.74, 6) is -2.73. The number of rotatable bonds is 4. The van der Waals surface area contributed by atoms with Crippen LogP contribution in [-0.4, -0.2) is 31.7 Å². The summed E-state index contributed by atoms with van der Waals surface area (Å²) in [7, 11) is -3.56. The molecule has 1 saturated heterocycles. The summed E-state index contributed by atoms with van der Waals surface area (Å²) in [5, 5.41) is 2.55. The van der Waals surface area contributed by atoms with E-state index in [2.05, 4.69) is 21.2 Å². The molecule has 1 aromatic carbocycles. The molecule has 1 aromatic heterocycles. The van der Waals surface area contributed by atoms with Gasteiger partial charge >= 0.3 is 0 Å². The number of carbonyl (C=O) groups is 1. The van der Waals surface area contributed by atoms with Crippen molar-refractivity contribution in [2.75, 3.05) is 18.4 Å². The maximum absolute atomic E-state index is 13.2. The van der Waals surface area contributed by atoms with E-state index in [0.717, 1.165) is 27.3 Å². The van der Waals surface area contributed by atoms with Crippen LogP contribution in [0.2, 0.25) is 0 Å².